The van der Waals surface area contributed by atoms with E-state index >= 15 is 0 Å². The van der Waals surface area contributed by atoms with Crippen LogP contribution in [-0.2, 0) is 0 Å². The molecule has 1 saturated heterocycles. The van der Waals surface area contributed by atoms with Crippen LogP contribution < -0.4 is 5.32 Å². The van der Waals surface area contributed by atoms with Crippen LogP contribution in [0.3, 0.4) is 0 Å². The third-order valence-electron chi connectivity index (χ3n) is 2.94. The number of hydrogen-bond acceptors (Lipinski definition) is 4. The van der Waals surface area contributed by atoms with E-state index in [1.165, 1.54) is 4.90 Å². The molecule has 1 aromatic heterocycles. The molecule has 6 nitrogen and oxygen atoms in total. The summed E-state index contributed by atoms with van der Waals surface area (Å²) in [5.74, 6) is 0.696. The van der Waals surface area contributed by atoms with Crippen LogP contribution >= 0.6 is 11.6 Å². The van der Waals surface area contributed by atoms with Crippen LogP contribution in [0.2, 0.25) is 5.28 Å². The Morgan fingerprint density at radius 1 is 1.50 bits per heavy atom. The van der Waals surface area contributed by atoms with Gasteiger partial charge in [0.15, 0.2) is 0 Å². The van der Waals surface area contributed by atoms with Gasteiger partial charge >= 0.3 is 6.09 Å². The zero-order valence-electron chi connectivity index (χ0n) is 10.1. The number of aromatic nitrogens is 2. The minimum atomic E-state index is -0.852. The molecule has 1 fully saturated rings. The number of nitrogens with one attached hydrogen (secondary N) is 1. The Balaban J connectivity index is 1.93. The van der Waals surface area contributed by atoms with E-state index in [1.807, 2.05) is 13.0 Å². The lowest BCUT2D eigenvalue weighted by molar-refractivity contribution is 0.134. The molecule has 2 N–H and O–H groups in total. The zero-order chi connectivity index (χ0) is 13.1. The second kappa shape index (κ2) is 5.39. The van der Waals surface area contributed by atoms with Gasteiger partial charge in [-0.15, -0.1) is 0 Å². The normalized spacial score (nSPS) is 16.7. The average molecular weight is 271 g/mol. The highest BCUT2D eigenvalue weighted by Crippen LogP contribution is 2.17. The summed E-state index contributed by atoms with van der Waals surface area (Å²) < 4.78 is 0. The second-order valence-electron chi connectivity index (χ2n) is 4.35. The number of carboxylic acid groups (broad SMARTS) is 1. The lowest BCUT2D eigenvalue weighted by Gasteiger charge is -2.30. The van der Waals surface area contributed by atoms with Gasteiger partial charge in [0.05, 0.1) is 0 Å². The van der Waals surface area contributed by atoms with Gasteiger partial charge in [-0.05, 0) is 31.4 Å². The summed E-state index contributed by atoms with van der Waals surface area (Å²) in [5, 5.41) is 12.3. The number of piperidine rings is 1. The molecule has 0 radical (unpaired) electrons. The fourth-order valence-electron chi connectivity index (χ4n) is 2.03. The van der Waals surface area contributed by atoms with E-state index in [0.717, 1.165) is 18.5 Å². The lowest BCUT2D eigenvalue weighted by atomic mass is 10.1. The van der Waals surface area contributed by atoms with Crippen LogP contribution in [0.25, 0.3) is 0 Å². The molecule has 0 aliphatic carbocycles. The number of carbonyl (C=O) groups is 1. The number of amides is 1. The van der Waals surface area contributed by atoms with E-state index < -0.39 is 6.09 Å². The van der Waals surface area contributed by atoms with Gasteiger partial charge in [0, 0.05) is 30.9 Å². The molecule has 18 heavy (non-hydrogen) atoms. The quantitative estimate of drug-likeness (QED) is 0.804. The van der Waals surface area contributed by atoms with E-state index in [1.54, 1.807) is 0 Å². The Hall–Kier alpha value is -1.56. The molecule has 0 aromatic carbocycles. The SMILES string of the molecule is Cc1cc(NC2CCN(C(=O)O)CC2)nc(Cl)n1. The highest BCUT2D eigenvalue weighted by molar-refractivity contribution is 6.28. The van der Waals surface area contributed by atoms with Crippen LogP contribution in [0.5, 0.6) is 0 Å². The van der Waals surface area contributed by atoms with Gasteiger partial charge in [-0.25, -0.2) is 14.8 Å². The first-order valence-electron chi connectivity index (χ1n) is 5.80. The first-order valence-corrected chi connectivity index (χ1v) is 6.18. The van der Waals surface area contributed by atoms with Crippen LogP contribution in [0.1, 0.15) is 18.5 Å². The molecule has 1 aromatic rings. The van der Waals surface area contributed by atoms with Crippen LogP contribution in [0.4, 0.5) is 10.6 Å². The zero-order valence-corrected chi connectivity index (χ0v) is 10.8. The maximum absolute atomic E-state index is 10.8. The number of anilines is 1. The monoisotopic (exact) mass is 270 g/mol. The molecular formula is C11H15ClN4O2. The van der Waals surface area contributed by atoms with Gasteiger partial charge in [-0.3, -0.25) is 0 Å². The molecule has 2 rings (SSSR count). The summed E-state index contributed by atoms with van der Waals surface area (Å²) >= 11 is 5.78. The molecule has 1 aliphatic heterocycles. The largest absolute Gasteiger partial charge is 0.465 e. The highest BCUT2D eigenvalue weighted by atomic mass is 35.5. The molecule has 0 unspecified atom stereocenters. The van der Waals surface area contributed by atoms with E-state index in [0.29, 0.717) is 18.9 Å². The Morgan fingerprint density at radius 3 is 2.72 bits per heavy atom. The minimum absolute atomic E-state index is 0.223. The number of rotatable bonds is 2. The van der Waals surface area contributed by atoms with E-state index in [4.69, 9.17) is 16.7 Å². The van der Waals surface area contributed by atoms with E-state index in [-0.39, 0.29) is 11.3 Å². The molecule has 1 amide bonds. The molecule has 0 bridgehead atoms. The molecule has 2 heterocycles. The van der Waals surface area contributed by atoms with Crippen molar-refractivity contribution >= 4 is 23.5 Å². The standard InChI is InChI=1S/C11H15ClN4O2/c1-7-6-9(15-10(12)13-7)14-8-2-4-16(5-3-8)11(17)18/h6,8H,2-5H2,1H3,(H,17,18)(H,13,14,15). The maximum atomic E-state index is 10.8. The summed E-state index contributed by atoms with van der Waals surface area (Å²) in [6.45, 7) is 2.95. The molecule has 0 saturated carbocycles. The van der Waals surface area contributed by atoms with Crippen molar-refractivity contribution in [2.24, 2.45) is 0 Å². The summed E-state index contributed by atoms with van der Waals surface area (Å²) in [6, 6.07) is 2.06. The number of halogens is 1. The van der Waals surface area contributed by atoms with Crippen molar-refractivity contribution in [3.63, 3.8) is 0 Å². The molecule has 7 heteroatoms. The number of likely N-dealkylation sites (tertiary alicyclic amines) is 1. The average Bonchev–Trinajstić information content (AvgIpc) is 2.28. The predicted molar refractivity (Wildman–Crippen MR) is 68.0 cm³/mol. The molecule has 0 atom stereocenters. The van der Waals surface area contributed by atoms with Crippen LogP contribution in [0, 0.1) is 6.92 Å². The van der Waals surface area contributed by atoms with E-state index in [2.05, 4.69) is 15.3 Å². The smallest absolute Gasteiger partial charge is 0.407 e. The predicted octanol–water partition coefficient (Wildman–Crippen LogP) is 1.99. The molecular weight excluding hydrogens is 256 g/mol. The fraction of sp³-hybridized carbons (Fsp3) is 0.545. The van der Waals surface area contributed by atoms with Gasteiger partial charge in [-0.2, -0.15) is 0 Å². The number of hydrogen-bond donors (Lipinski definition) is 2. The van der Waals surface area contributed by atoms with Crippen LogP contribution in [-0.4, -0.2) is 45.2 Å². The fourth-order valence-corrected chi connectivity index (χ4v) is 2.25. The van der Waals surface area contributed by atoms with Gasteiger partial charge in [0.1, 0.15) is 5.82 Å². The van der Waals surface area contributed by atoms with Crippen molar-refractivity contribution < 1.29 is 9.90 Å². The number of nitrogens with zero attached hydrogens (tertiary/aromatic N) is 3. The third-order valence-corrected chi connectivity index (χ3v) is 3.11. The Bertz CT molecular complexity index is 426. The summed E-state index contributed by atoms with van der Waals surface area (Å²) in [5.41, 5.74) is 0.806. The molecule has 0 spiro atoms. The van der Waals surface area contributed by atoms with E-state index in [9.17, 15) is 4.79 Å². The van der Waals surface area contributed by atoms with Gasteiger partial charge in [0.2, 0.25) is 5.28 Å². The minimum Gasteiger partial charge on any atom is -0.465 e. The lowest BCUT2D eigenvalue weighted by Crippen LogP contribution is -2.41. The van der Waals surface area contributed by atoms with Crippen molar-refractivity contribution in [1.29, 1.82) is 0 Å². The van der Waals surface area contributed by atoms with Crippen molar-refractivity contribution in [3.8, 4) is 0 Å². The maximum Gasteiger partial charge on any atom is 0.407 e. The first kappa shape index (κ1) is 12.9. The molecule has 98 valence electrons. The van der Waals surface area contributed by atoms with Crippen molar-refractivity contribution in [3.05, 3.63) is 17.0 Å². The van der Waals surface area contributed by atoms with Gasteiger partial charge in [-0.1, -0.05) is 0 Å². The summed E-state index contributed by atoms with van der Waals surface area (Å²) in [4.78, 5) is 20.3. The summed E-state index contributed by atoms with van der Waals surface area (Å²) in [7, 11) is 0. The van der Waals surface area contributed by atoms with Crippen molar-refractivity contribution in [1.82, 2.24) is 14.9 Å². The Morgan fingerprint density at radius 2 is 2.17 bits per heavy atom. The first-order chi connectivity index (χ1) is 8.54. The van der Waals surface area contributed by atoms with Gasteiger partial charge in [0.25, 0.3) is 0 Å². The summed E-state index contributed by atoms with van der Waals surface area (Å²) in [6.07, 6.45) is 0.689. The van der Waals surface area contributed by atoms with Crippen molar-refractivity contribution in [2.75, 3.05) is 18.4 Å². The van der Waals surface area contributed by atoms with Crippen LogP contribution in [0.15, 0.2) is 6.07 Å². The van der Waals surface area contributed by atoms with Crippen molar-refractivity contribution in [2.45, 2.75) is 25.8 Å². The Kier molecular flexibility index (Phi) is 3.86. The molecule has 1 aliphatic rings. The van der Waals surface area contributed by atoms with Gasteiger partial charge < -0.3 is 15.3 Å². The second-order valence-corrected chi connectivity index (χ2v) is 4.69. The highest BCUT2D eigenvalue weighted by Gasteiger charge is 2.22. The topological polar surface area (TPSA) is 78.4 Å². The Labute approximate surface area is 110 Å². The number of aryl methyl sites for hydroxylation is 1. The third kappa shape index (κ3) is 3.22.